The summed E-state index contributed by atoms with van der Waals surface area (Å²) < 4.78 is 64.3. The number of halogens is 3. The molecular weight excluding hydrogens is 549 g/mol. The fourth-order valence-corrected chi connectivity index (χ4v) is 7.30. The first kappa shape index (κ1) is 28.0. The van der Waals surface area contributed by atoms with Crippen molar-refractivity contribution in [2.24, 2.45) is 0 Å². The molecule has 3 aliphatic heterocycles. The van der Waals surface area contributed by atoms with Crippen LogP contribution in [-0.2, 0) is 26.2 Å². The van der Waals surface area contributed by atoms with E-state index in [1.54, 1.807) is 9.80 Å². The summed E-state index contributed by atoms with van der Waals surface area (Å²) in [5.74, 6) is 0.496. The Hall–Kier alpha value is -3.54. The minimum absolute atomic E-state index is 0.00583. The third-order valence-electron chi connectivity index (χ3n) is 8.27. The number of hydrogen-bond acceptors (Lipinski definition) is 10. The summed E-state index contributed by atoms with van der Waals surface area (Å²) in [4.78, 5) is 27.5. The zero-order chi connectivity index (χ0) is 29.4. The first-order valence-electron chi connectivity index (χ1n) is 12.8. The standard InChI is InChI=1S/C25H29F3N8O3S/c1-14-11-35(22(37)24(5)6-7-40(24,38)39)15(2)10-34(14)20-19-21(31-13-30-20)36(12-23(19,3)4)18-8-16(25(26,27)28)17(9-29)32-33-18/h8,13-15H,6-7,10-12H2,1-5H3/t14-,15+,24-/m0/s1. The second-order valence-corrected chi connectivity index (χ2v) is 14.1. The average Bonchev–Trinajstić information content (AvgIpc) is 3.18. The van der Waals surface area contributed by atoms with Crippen molar-refractivity contribution < 1.29 is 26.4 Å². The van der Waals surface area contributed by atoms with Gasteiger partial charge < -0.3 is 14.7 Å². The minimum atomic E-state index is -4.79. The van der Waals surface area contributed by atoms with Crippen LogP contribution in [0.3, 0.4) is 0 Å². The van der Waals surface area contributed by atoms with E-state index in [9.17, 15) is 26.4 Å². The highest BCUT2D eigenvalue weighted by Gasteiger charge is 2.57. The molecule has 0 aliphatic carbocycles. The molecule has 2 fully saturated rings. The van der Waals surface area contributed by atoms with Crippen molar-refractivity contribution in [2.45, 2.75) is 69.5 Å². The number of hydrogen-bond donors (Lipinski definition) is 0. The highest BCUT2D eigenvalue weighted by Crippen LogP contribution is 2.47. The van der Waals surface area contributed by atoms with Gasteiger partial charge in [-0.05, 0) is 33.3 Å². The molecule has 214 valence electrons. The van der Waals surface area contributed by atoms with Crippen molar-refractivity contribution >= 4 is 33.2 Å². The average molecular weight is 579 g/mol. The number of fused-ring (bicyclic) bond motifs is 1. The largest absolute Gasteiger partial charge is 0.419 e. The van der Waals surface area contributed by atoms with Gasteiger partial charge in [-0.15, -0.1) is 10.2 Å². The number of amides is 1. The van der Waals surface area contributed by atoms with Crippen molar-refractivity contribution in [1.82, 2.24) is 25.1 Å². The van der Waals surface area contributed by atoms with Crippen LogP contribution in [0.4, 0.5) is 30.6 Å². The zero-order valence-electron chi connectivity index (χ0n) is 22.7. The SMILES string of the molecule is C[C@@H]1CN(c2ncnc3c2C(C)(C)CN3c2cc(C(F)(F)F)c(C#N)nn2)[C@@H](C)CN1C(=O)[C@]1(C)CCS1(=O)=O. The number of carbonyl (C=O) groups excluding carboxylic acids is 1. The minimum Gasteiger partial charge on any atom is -0.350 e. The third-order valence-corrected chi connectivity index (χ3v) is 10.8. The Morgan fingerprint density at radius 1 is 1.10 bits per heavy atom. The van der Waals surface area contributed by atoms with Crippen molar-refractivity contribution in [2.75, 3.05) is 35.2 Å². The van der Waals surface area contributed by atoms with Crippen molar-refractivity contribution in [3.63, 3.8) is 0 Å². The Balaban J connectivity index is 1.49. The topological polar surface area (TPSA) is 136 Å². The van der Waals surface area contributed by atoms with E-state index in [2.05, 4.69) is 20.2 Å². The van der Waals surface area contributed by atoms with E-state index in [0.29, 0.717) is 30.2 Å². The lowest BCUT2D eigenvalue weighted by atomic mass is 9.87. The highest BCUT2D eigenvalue weighted by atomic mass is 32.2. The second kappa shape index (κ2) is 8.98. The smallest absolute Gasteiger partial charge is 0.350 e. The van der Waals surface area contributed by atoms with Crippen LogP contribution in [0, 0.1) is 11.3 Å². The Morgan fingerprint density at radius 3 is 2.35 bits per heavy atom. The zero-order valence-corrected chi connectivity index (χ0v) is 23.5. The molecule has 3 aliphatic rings. The second-order valence-electron chi connectivity index (χ2n) is 11.5. The fraction of sp³-hybridized carbons (Fsp3) is 0.600. The number of nitriles is 1. The molecule has 0 unspecified atom stereocenters. The van der Waals surface area contributed by atoms with Gasteiger partial charge in [-0.3, -0.25) is 4.79 Å². The first-order valence-corrected chi connectivity index (χ1v) is 14.4. The summed E-state index contributed by atoms with van der Waals surface area (Å²) >= 11 is 0. The molecule has 5 heterocycles. The summed E-state index contributed by atoms with van der Waals surface area (Å²) in [6, 6.07) is 1.70. The van der Waals surface area contributed by atoms with Crippen LogP contribution in [0.25, 0.3) is 0 Å². The predicted molar refractivity (Wildman–Crippen MR) is 139 cm³/mol. The summed E-state index contributed by atoms with van der Waals surface area (Å²) in [6.07, 6.45) is -3.16. The Bertz CT molecular complexity index is 1540. The van der Waals surface area contributed by atoms with Crippen LogP contribution in [0.15, 0.2) is 12.4 Å². The molecule has 3 atom stereocenters. The van der Waals surface area contributed by atoms with Gasteiger partial charge in [0.1, 0.15) is 28.8 Å². The van der Waals surface area contributed by atoms with Gasteiger partial charge in [0.2, 0.25) is 5.91 Å². The van der Waals surface area contributed by atoms with Crippen LogP contribution in [0.2, 0.25) is 0 Å². The quantitative estimate of drug-likeness (QED) is 0.535. The van der Waals surface area contributed by atoms with E-state index >= 15 is 0 Å². The van der Waals surface area contributed by atoms with Gasteiger partial charge in [-0.25, -0.2) is 18.4 Å². The van der Waals surface area contributed by atoms with Crippen molar-refractivity contribution in [3.8, 4) is 6.07 Å². The Kier molecular flexibility index (Phi) is 6.29. The molecule has 2 aromatic heterocycles. The number of anilines is 3. The lowest BCUT2D eigenvalue weighted by molar-refractivity contribution is -0.138. The first-order chi connectivity index (χ1) is 18.5. The van der Waals surface area contributed by atoms with Gasteiger partial charge >= 0.3 is 6.18 Å². The fourth-order valence-electron chi connectivity index (χ4n) is 5.77. The maximum atomic E-state index is 13.6. The molecule has 2 aromatic rings. The number of aromatic nitrogens is 4. The highest BCUT2D eigenvalue weighted by molar-refractivity contribution is 7.95. The number of alkyl halides is 3. The number of carbonyl (C=O) groups is 1. The molecule has 11 nitrogen and oxygen atoms in total. The van der Waals surface area contributed by atoms with Gasteiger partial charge in [-0.2, -0.15) is 18.4 Å². The van der Waals surface area contributed by atoms with Crippen LogP contribution in [0.1, 0.15) is 57.9 Å². The number of rotatable bonds is 3. The summed E-state index contributed by atoms with van der Waals surface area (Å²) in [7, 11) is -3.48. The number of piperazine rings is 1. The monoisotopic (exact) mass is 578 g/mol. The molecule has 5 rings (SSSR count). The van der Waals surface area contributed by atoms with E-state index in [-0.39, 0.29) is 36.7 Å². The molecule has 0 spiro atoms. The maximum Gasteiger partial charge on any atom is 0.419 e. The van der Waals surface area contributed by atoms with E-state index in [1.807, 2.05) is 32.6 Å². The van der Waals surface area contributed by atoms with Gasteiger partial charge in [-0.1, -0.05) is 13.8 Å². The van der Waals surface area contributed by atoms with E-state index in [0.717, 1.165) is 6.07 Å². The van der Waals surface area contributed by atoms with E-state index in [4.69, 9.17) is 5.26 Å². The molecule has 40 heavy (non-hydrogen) atoms. The number of nitrogens with zero attached hydrogens (tertiary/aromatic N) is 8. The van der Waals surface area contributed by atoms with Crippen LogP contribution < -0.4 is 9.80 Å². The van der Waals surface area contributed by atoms with Crippen molar-refractivity contribution in [1.29, 1.82) is 5.26 Å². The van der Waals surface area contributed by atoms with Crippen LogP contribution in [0.5, 0.6) is 0 Å². The molecule has 15 heteroatoms. The van der Waals surface area contributed by atoms with Gasteiger partial charge in [0, 0.05) is 42.7 Å². The molecular formula is C25H29F3N8O3S. The molecule has 1 amide bonds. The normalized spacial score (nSPS) is 27.1. The molecule has 0 bridgehead atoms. The van der Waals surface area contributed by atoms with Gasteiger partial charge in [0.15, 0.2) is 21.3 Å². The molecule has 0 aromatic carbocycles. The summed E-state index contributed by atoms with van der Waals surface area (Å²) in [5.41, 5.74) is -1.88. The van der Waals surface area contributed by atoms with E-state index < -0.39 is 43.3 Å². The summed E-state index contributed by atoms with van der Waals surface area (Å²) in [6.45, 7) is 10.0. The van der Waals surface area contributed by atoms with Gasteiger partial charge in [0.25, 0.3) is 0 Å². The molecule has 0 radical (unpaired) electrons. The predicted octanol–water partition coefficient (Wildman–Crippen LogP) is 2.59. The Labute approximate surface area is 229 Å². The molecule has 0 N–H and O–H groups in total. The van der Waals surface area contributed by atoms with Crippen LogP contribution in [-0.4, -0.2) is 81.6 Å². The lowest BCUT2D eigenvalue weighted by Gasteiger charge is -2.49. The summed E-state index contributed by atoms with van der Waals surface area (Å²) in [5, 5.41) is 16.5. The number of sulfone groups is 1. The lowest BCUT2D eigenvalue weighted by Crippen LogP contribution is -2.66. The Morgan fingerprint density at radius 2 is 1.77 bits per heavy atom. The maximum absolute atomic E-state index is 13.6. The van der Waals surface area contributed by atoms with Gasteiger partial charge in [0.05, 0.1) is 11.3 Å². The van der Waals surface area contributed by atoms with E-state index in [1.165, 1.54) is 19.3 Å². The third kappa shape index (κ3) is 4.15. The molecule has 0 saturated carbocycles. The molecule has 2 saturated heterocycles. The van der Waals surface area contributed by atoms with Crippen LogP contribution >= 0.6 is 0 Å². The van der Waals surface area contributed by atoms with Crippen molar-refractivity contribution in [3.05, 3.63) is 29.2 Å².